The Bertz CT molecular complexity index is 659. The third-order valence-corrected chi connectivity index (χ3v) is 5.23. The van der Waals surface area contributed by atoms with E-state index in [0.29, 0.717) is 17.9 Å². The van der Waals surface area contributed by atoms with Crippen molar-refractivity contribution < 1.29 is 19.4 Å². The molecule has 2 aliphatic heterocycles. The fourth-order valence-corrected chi connectivity index (χ4v) is 4.00. The number of hydrogen-bond donors (Lipinski definition) is 1. The first kappa shape index (κ1) is 17.9. The molecule has 2 heterocycles. The number of hydrogen-bond acceptors (Lipinski definition) is 5. The van der Waals surface area contributed by atoms with Crippen LogP contribution < -0.4 is 9.64 Å². The lowest BCUT2D eigenvalue weighted by Gasteiger charge is -2.38. The molecule has 2 unspecified atom stereocenters. The van der Waals surface area contributed by atoms with Crippen LogP contribution in [0.25, 0.3) is 0 Å². The molecule has 0 aliphatic carbocycles. The van der Waals surface area contributed by atoms with Gasteiger partial charge in [-0.15, -0.1) is 0 Å². The summed E-state index contributed by atoms with van der Waals surface area (Å²) in [5, 5.41) is 9.32. The Morgan fingerprint density at radius 2 is 2.08 bits per heavy atom. The second kappa shape index (κ2) is 7.54. The van der Waals surface area contributed by atoms with Crippen molar-refractivity contribution in [2.24, 2.45) is 0 Å². The molecule has 25 heavy (non-hydrogen) atoms. The minimum absolute atomic E-state index is 0.103. The third-order valence-electron chi connectivity index (χ3n) is 5.23. The molecule has 2 fully saturated rings. The number of piperidine rings is 1. The molecule has 6 heteroatoms. The Morgan fingerprint density at radius 3 is 2.80 bits per heavy atom. The minimum Gasteiger partial charge on any atom is -0.495 e. The van der Waals surface area contributed by atoms with Gasteiger partial charge in [-0.2, -0.15) is 0 Å². The molecule has 1 aromatic rings. The second-order valence-corrected chi connectivity index (χ2v) is 6.86. The summed E-state index contributed by atoms with van der Waals surface area (Å²) in [6.07, 6.45) is 3.93. The van der Waals surface area contributed by atoms with Crippen molar-refractivity contribution in [2.45, 2.75) is 51.1 Å². The van der Waals surface area contributed by atoms with E-state index in [1.165, 1.54) is 4.90 Å². The van der Waals surface area contributed by atoms with Gasteiger partial charge in [-0.1, -0.05) is 12.5 Å². The minimum atomic E-state index is -0.436. The van der Waals surface area contributed by atoms with Crippen molar-refractivity contribution in [3.63, 3.8) is 0 Å². The van der Waals surface area contributed by atoms with Crippen molar-refractivity contribution in [3.8, 4) is 5.75 Å². The molecular weight excluding hydrogens is 320 g/mol. The summed E-state index contributed by atoms with van der Waals surface area (Å²) >= 11 is 0. The Hall–Kier alpha value is -1.92. The van der Waals surface area contributed by atoms with Gasteiger partial charge in [0.15, 0.2) is 0 Å². The molecular formula is C19H26N2O4. The monoisotopic (exact) mass is 346 g/mol. The van der Waals surface area contributed by atoms with Gasteiger partial charge in [0.1, 0.15) is 5.75 Å². The second-order valence-electron chi connectivity index (χ2n) is 6.86. The lowest BCUT2D eigenvalue weighted by molar-refractivity contribution is -0.124. The highest BCUT2D eigenvalue weighted by atomic mass is 16.5. The normalized spacial score (nSPS) is 24.8. The fraction of sp³-hybridized carbons (Fsp3) is 0.579. The highest BCUT2D eigenvalue weighted by molar-refractivity contribution is 6.23. The number of anilines is 1. The van der Waals surface area contributed by atoms with Crippen molar-refractivity contribution in [1.29, 1.82) is 0 Å². The number of amides is 2. The number of benzene rings is 1. The molecule has 2 atom stereocenters. The van der Waals surface area contributed by atoms with E-state index in [0.717, 1.165) is 31.4 Å². The molecule has 2 saturated heterocycles. The Labute approximate surface area is 148 Å². The molecule has 3 rings (SSSR count). The van der Waals surface area contributed by atoms with E-state index >= 15 is 0 Å². The number of imide groups is 1. The number of carbonyl (C=O) groups is 2. The Balaban J connectivity index is 1.89. The van der Waals surface area contributed by atoms with Gasteiger partial charge < -0.3 is 9.84 Å². The summed E-state index contributed by atoms with van der Waals surface area (Å²) in [7, 11) is 1.54. The van der Waals surface area contributed by atoms with E-state index in [1.54, 1.807) is 13.2 Å². The van der Waals surface area contributed by atoms with Crippen molar-refractivity contribution in [2.75, 3.05) is 25.2 Å². The van der Waals surface area contributed by atoms with Crippen LogP contribution in [0.2, 0.25) is 0 Å². The molecule has 0 bridgehead atoms. The van der Waals surface area contributed by atoms with Crippen LogP contribution in [0, 0.1) is 6.92 Å². The van der Waals surface area contributed by atoms with Gasteiger partial charge in [-0.3, -0.25) is 14.5 Å². The zero-order valence-electron chi connectivity index (χ0n) is 14.9. The first-order valence-electron chi connectivity index (χ1n) is 8.95. The van der Waals surface area contributed by atoms with Crippen LogP contribution in [0.1, 0.15) is 37.7 Å². The summed E-state index contributed by atoms with van der Waals surface area (Å²) in [5.41, 5.74) is 1.49. The maximum Gasteiger partial charge on any atom is 0.251 e. The standard InChI is InChI=1S/C19H26N2O4/c1-13-6-7-17(25-2)15(11-13)21-18(23)12-16(19(21)24)20-9-4-3-5-14(20)8-10-22/h6-7,11,14,16,22H,3-5,8-10,12H2,1-2H3. The zero-order chi connectivity index (χ0) is 18.0. The summed E-state index contributed by atoms with van der Waals surface area (Å²) < 4.78 is 5.36. The van der Waals surface area contributed by atoms with Gasteiger partial charge in [0.2, 0.25) is 5.91 Å². The molecule has 136 valence electrons. The number of ether oxygens (including phenoxy) is 1. The van der Waals surface area contributed by atoms with Gasteiger partial charge >= 0.3 is 0 Å². The molecule has 0 saturated carbocycles. The van der Waals surface area contributed by atoms with Crippen molar-refractivity contribution >= 4 is 17.5 Å². The zero-order valence-corrected chi connectivity index (χ0v) is 14.9. The predicted molar refractivity (Wildman–Crippen MR) is 94.7 cm³/mol. The van der Waals surface area contributed by atoms with E-state index in [2.05, 4.69) is 4.90 Å². The molecule has 6 nitrogen and oxygen atoms in total. The summed E-state index contributed by atoms with van der Waals surface area (Å²) in [4.78, 5) is 29.2. The van der Waals surface area contributed by atoms with Crippen LogP contribution in [0.5, 0.6) is 5.75 Å². The van der Waals surface area contributed by atoms with Crippen LogP contribution in [-0.2, 0) is 9.59 Å². The number of rotatable bonds is 5. The molecule has 1 N–H and O–H groups in total. The molecule has 0 aromatic heterocycles. The number of aryl methyl sites for hydroxylation is 1. The Morgan fingerprint density at radius 1 is 1.28 bits per heavy atom. The molecule has 2 aliphatic rings. The van der Waals surface area contributed by atoms with E-state index in [-0.39, 0.29) is 30.9 Å². The van der Waals surface area contributed by atoms with Crippen LogP contribution in [0.3, 0.4) is 0 Å². The van der Waals surface area contributed by atoms with E-state index in [1.807, 2.05) is 19.1 Å². The SMILES string of the molecule is COc1ccc(C)cc1N1C(=O)CC(N2CCCCC2CCO)C1=O. The largest absolute Gasteiger partial charge is 0.495 e. The summed E-state index contributed by atoms with van der Waals surface area (Å²) in [5.74, 6) is 0.157. The highest BCUT2D eigenvalue weighted by Crippen LogP contribution is 2.35. The lowest BCUT2D eigenvalue weighted by atomic mass is 9.97. The first-order valence-corrected chi connectivity index (χ1v) is 8.95. The molecule has 0 spiro atoms. The average molecular weight is 346 g/mol. The van der Waals surface area contributed by atoms with Crippen LogP contribution >= 0.6 is 0 Å². The van der Waals surface area contributed by atoms with E-state index in [9.17, 15) is 14.7 Å². The van der Waals surface area contributed by atoms with Crippen LogP contribution in [0.15, 0.2) is 18.2 Å². The van der Waals surface area contributed by atoms with Gasteiger partial charge in [0.25, 0.3) is 5.91 Å². The smallest absolute Gasteiger partial charge is 0.251 e. The maximum atomic E-state index is 13.1. The Kier molecular flexibility index (Phi) is 5.39. The first-order chi connectivity index (χ1) is 12.1. The van der Waals surface area contributed by atoms with Crippen LogP contribution in [-0.4, -0.2) is 54.2 Å². The molecule has 1 aromatic carbocycles. The molecule has 0 radical (unpaired) electrons. The predicted octanol–water partition coefficient (Wildman–Crippen LogP) is 1.87. The third kappa shape index (κ3) is 3.41. The van der Waals surface area contributed by atoms with E-state index < -0.39 is 6.04 Å². The number of methoxy groups -OCH3 is 1. The average Bonchev–Trinajstić information content (AvgIpc) is 2.90. The maximum absolute atomic E-state index is 13.1. The number of nitrogens with zero attached hydrogens (tertiary/aromatic N) is 2. The van der Waals surface area contributed by atoms with Gasteiger partial charge in [0.05, 0.1) is 25.3 Å². The topological polar surface area (TPSA) is 70.1 Å². The quantitative estimate of drug-likeness (QED) is 0.824. The van der Waals surface area contributed by atoms with Crippen molar-refractivity contribution in [3.05, 3.63) is 23.8 Å². The fourth-order valence-electron chi connectivity index (χ4n) is 4.00. The van der Waals surface area contributed by atoms with Crippen LogP contribution in [0.4, 0.5) is 5.69 Å². The van der Waals surface area contributed by atoms with Crippen molar-refractivity contribution in [1.82, 2.24) is 4.90 Å². The van der Waals surface area contributed by atoms with Gasteiger partial charge in [0, 0.05) is 12.6 Å². The lowest BCUT2D eigenvalue weighted by Crippen LogP contribution is -2.50. The number of aliphatic hydroxyl groups is 1. The summed E-state index contributed by atoms with van der Waals surface area (Å²) in [6.45, 7) is 2.83. The number of aliphatic hydroxyl groups excluding tert-OH is 1. The van der Waals surface area contributed by atoms with Gasteiger partial charge in [-0.05, 0) is 50.4 Å². The molecule has 2 amide bonds. The van der Waals surface area contributed by atoms with E-state index in [4.69, 9.17) is 4.74 Å². The number of likely N-dealkylation sites (tertiary alicyclic amines) is 1. The summed E-state index contributed by atoms with van der Waals surface area (Å²) in [6, 6.07) is 5.23. The highest BCUT2D eigenvalue weighted by Gasteiger charge is 2.45. The van der Waals surface area contributed by atoms with Gasteiger partial charge in [-0.25, -0.2) is 4.90 Å². The number of carbonyl (C=O) groups excluding carboxylic acids is 2.